The third kappa shape index (κ3) is 9.54. The summed E-state index contributed by atoms with van der Waals surface area (Å²) < 4.78 is 68.8. The smallest absolute Gasteiger partial charge is 0.748 e. The zero-order valence-corrected chi connectivity index (χ0v) is 33.0. The van der Waals surface area contributed by atoms with E-state index in [1.165, 1.54) is 6.07 Å². The molecule has 4 N–H and O–H groups in total. The van der Waals surface area contributed by atoms with E-state index in [0.717, 1.165) is 16.8 Å². The summed E-state index contributed by atoms with van der Waals surface area (Å²) in [7, 11) is -8.77. The second-order valence-corrected chi connectivity index (χ2v) is 16.0. The Morgan fingerprint density at radius 2 is 1.65 bits per heavy atom. The molecule has 2 aromatic rings. The van der Waals surface area contributed by atoms with Crippen LogP contribution < -0.4 is 56.3 Å². The van der Waals surface area contributed by atoms with Gasteiger partial charge >= 0.3 is 57.4 Å². The van der Waals surface area contributed by atoms with Crippen molar-refractivity contribution >= 4 is 43.3 Å². The molecular weight excluding hydrogens is 700 g/mol. The first-order valence-corrected chi connectivity index (χ1v) is 18.3. The van der Waals surface area contributed by atoms with Crippen LogP contribution in [0.4, 0.5) is 11.4 Å². The molecule has 12 nitrogen and oxygen atoms in total. The molecule has 0 amide bonds. The summed E-state index contributed by atoms with van der Waals surface area (Å²) in [5.41, 5.74) is 4.04. The summed E-state index contributed by atoms with van der Waals surface area (Å²) >= 11 is 0. The Bertz CT molecular complexity index is 2010. The van der Waals surface area contributed by atoms with Crippen LogP contribution in [0.3, 0.4) is 0 Å². The van der Waals surface area contributed by atoms with Crippen molar-refractivity contribution in [3.05, 3.63) is 106 Å². The number of rotatable bonds is 12. The summed E-state index contributed by atoms with van der Waals surface area (Å²) in [5.74, 6) is -2.23. The van der Waals surface area contributed by atoms with E-state index in [9.17, 15) is 46.1 Å². The van der Waals surface area contributed by atoms with Crippen LogP contribution >= 0.6 is 0 Å². The first kappa shape index (κ1) is 41.1. The van der Waals surface area contributed by atoms with E-state index in [4.69, 9.17) is 0 Å². The number of aromatic carboxylic acids is 1. The van der Waals surface area contributed by atoms with Gasteiger partial charge < -0.3 is 24.8 Å². The van der Waals surface area contributed by atoms with Crippen molar-refractivity contribution in [3.63, 3.8) is 0 Å². The third-order valence-corrected chi connectivity index (χ3v) is 10.1. The maximum absolute atomic E-state index is 11.6. The molecule has 0 bridgehead atoms. The fourth-order valence-corrected chi connectivity index (χ4v) is 7.01. The average molecular weight is 740 g/mol. The Kier molecular flexibility index (Phi) is 13.0. The van der Waals surface area contributed by atoms with Crippen LogP contribution in [0, 0.1) is 0 Å². The van der Waals surface area contributed by atoms with Gasteiger partial charge in [-0.25, -0.2) is 13.2 Å². The molecule has 4 rings (SSSR count). The molecule has 0 unspecified atom stereocenters. The Labute approximate surface area is 329 Å². The van der Waals surface area contributed by atoms with Gasteiger partial charge in [-0.2, -0.15) is 13.0 Å². The molecular formula is C34H40KN2O10S2+. The van der Waals surface area contributed by atoms with Crippen LogP contribution in [-0.4, -0.2) is 82.1 Å². The SMILES string of the molecule is CC(/C=C\C=C1/N(CCS(=O)(=O)O)c2ccc(C(O)O)cc2C1(C)C)=C/C=C\C1=[N+](CCS(=O)(=O)[O-])c2ccc(C(=O)O)cc2C1(C)C.[K+]. The van der Waals surface area contributed by atoms with Gasteiger partial charge in [0.25, 0.3) is 10.1 Å². The number of anilines is 1. The summed E-state index contributed by atoms with van der Waals surface area (Å²) in [5, 5.41) is 29.0. The second kappa shape index (κ2) is 15.5. The number of benzene rings is 2. The topological polar surface area (TPSA) is 196 Å². The Morgan fingerprint density at radius 3 is 2.24 bits per heavy atom. The monoisotopic (exact) mass is 739 g/mol. The summed E-state index contributed by atoms with van der Waals surface area (Å²) in [6.45, 7) is 9.38. The van der Waals surface area contributed by atoms with Crippen LogP contribution in [0.15, 0.2) is 84.1 Å². The number of carbonyl (C=O) groups is 1. The van der Waals surface area contributed by atoms with E-state index in [2.05, 4.69) is 0 Å². The standard InChI is InChI=1S/C34H40N2O10S2.K/c1-22(8-6-10-29-33(2,3)25-20-23(31(37)38)12-14-27(25)35(29)16-18-47(41,42)43)9-7-11-30-34(4,5)26-21-24(32(39)40)13-15-28(26)36(30)17-19-48(44,45)46;/h6-15,20-21,31,37-38H,16-19H2,1-5H3,(H2-,39,40,41,42,43,44,45,46);/q;+1. The zero-order chi connectivity index (χ0) is 35.8. The molecule has 258 valence electrons. The fourth-order valence-electron chi connectivity index (χ4n) is 6.19. The zero-order valence-electron chi connectivity index (χ0n) is 28.3. The number of carboxylic acids is 1. The Hall–Kier alpha value is -2.28. The Balaban J connectivity index is 0.00000650. The minimum atomic E-state index is -4.51. The fraction of sp³-hybridized carbons (Fsp3) is 0.353. The predicted octanol–water partition coefficient (Wildman–Crippen LogP) is 0.922. The number of aliphatic hydroxyl groups excluding tert-OH is 1. The molecule has 0 fully saturated rings. The van der Waals surface area contributed by atoms with Crippen molar-refractivity contribution in [2.24, 2.45) is 0 Å². The number of hydrogen-bond donors (Lipinski definition) is 4. The number of fused-ring (bicyclic) bond motifs is 2. The number of carboxylic acid groups (broad SMARTS) is 1. The second-order valence-electron chi connectivity index (χ2n) is 12.9. The van der Waals surface area contributed by atoms with Gasteiger partial charge in [-0.1, -0.05) is 49.8 Å². The molecule has 15 heteroatoms. The maximum Gasteiger partial charge on any atom is 1.00 e. The van der Waals surface area contributed by atoms with Crippen molar-refractivity contribution in [2.75, 3.05) is 29.5 Å². The molecule has 0 aromatic heterocycles. The minimum absolute atomic E-state index is 0. The van der Waals surface area contributed by atoms with Gasteiger partial charge in [0.05, 0.1) is 22.5 Å². The predicted molar refractivity (Wildman–Crippen MR) is 181 cm³/mol. The number of allylic oxidation sites excluding steroid dienone is 8. The van der Waals surface area contributed by atoms with E-state index < -0.39 is 54.8 Å². The first-order valence-electron chi connectivity index (χ1n) is 15.1. The molecule has 2 aromatic carbocycles. The van der Waals surface area contributed by atoms with Gasteiger partial charge in [-0.05, 0) is 56.7 Å². The van der Waals surface area contributed by atoms with Crippen molar-refractivity contribution in [2.45, 2.75) is 51.7 Å². The maximum atomic E-state index is 11.6. The molecule has 0 saturated heterocycles. The van der Waals surface area contributed by atoms with Gasteiger partial charge in [-0.15, -0.1) is 0 Å². The normalized spacial score (nSPS) is 18.1. The van der Waals surface area contributed by atoms with Crippen molar-refractivity contribution in [1.29, 1.82) is 0 Å². The van der Waals surface area contributed by atoms with Crippen LogP contribution in [0.1, 0.15) is 68.0 Å². The van der Waals surface area contributed by atoms with Crippen LogP contribution in [0.2, 0.25) is 0 Å². The average Bonchev–Trinajstić information content (AvgIpc) is 3.32. The first-order chi connectivity index (χ1) is 22.1. The van der Waals surface area contributed by atoms with E-state index >= 15 is 0 Å². The van der Waals surface area contributed by atoms with Crippen LogP contribution in [-0.2, 0) is 31.1 Å². The molecule has 0 radical (unpaired) electrons. The van der Waals surface area contributed by atoms with Gasteiger partial charge in [0.1, 0.15) is 10.1 Å². The van der Waals surface area contributed by atoms with E-state index in [1.54, 1.807) is 58.0 Å². The Morgan fingerprint density at radius 1 is 0.980 bits per heavy atom. The van der Waals surface area contributed by atoms with E-state index in [1.807, 2.05) is 52.8 Å². The van der Waals surface area contributed by atoms with Crippen LogP contribution in [0.5, 0.6) is 0 Å². The van der Waals surface area contributed by atoms with Crippen molar-refractivity contribution in [3.8, 4) is 0 Å². The van der Waals surface area contributed by atoms with Crippen molar-refractivity contribution < 1.29 is 102 Å². The third-order valence-electron chi connectivity index (χ3n) is 8.72. The molecule has 49 heavy (non-hydrogen) atoms. The quantitative estimate of drug-likeness (QED) is 0.0795. The summed E-state index contributed by atoms with van der Waals surface area (Å²) in [4.78, 5) is 13.4. The summed E-state index contributed by atoms with van der Waals surface area (Å²) in [6, 6.07) is 9.52. The number of nitrogens with zero attached hydrogens (tertiary/aromatic N) is 2. The molecule has 2 heterocycles. The molecule has 0 atom stereocenters. The molecule has 0 saturated carbocycles. The molecule has 0 aliphatic carbocycles. The molecule has 0 spiro atoms. The minimum Gasteiger partial charge on any atom is -0.748 e. The largest absolute Gasteiger partial charge is 1.00 e. The van der Waals surface area contributed by atoms with Gasteiger partial charge in [0.2, 0.25) is 5.69 Å². The van der Waals surface area contributed by atoms with E-state index in [0.29, 0.717) is 28.2 Å². The number of aliphatic hydroxyl groups is 2. The number of hydrogen-bond acceptors (Lipinski definition) is 9. The summed E-state index contributed by atoms with van der Waals surface area (Å²) in [6.07, 6.45) is 9.19. The van der Waals surface area contributed by atoms with Gasteiger partial charge in [-0.3, -0.25) is 4.55 Å². The van der Waals surface area contributed by atoms with Crippen LogP contribution in [0.25, 0.3) is 0 Å². The van der Waals surface area contributed by atoms with Gasteiger partial charge in [0, 0.05) is 46.6 Å². The molecule has 2 aliphatic rings. The van der Waals surface area contributed by atoms with Crippen molar-refractivity contribution in [1.82, 2.24) is 0 Å². The van der Waals surface area contributed by atoms with E-state index in [-0.39, 0.29) is 70.0 Å². The molecule has 2 aliphatic heterocycles. The van der Waals surface area contributed by atoms with Gasteiger partial charge in [0.15, 0.2) is 18.5 Å².